The number of pyridine rings is 1. The Morgan fingerprint density at radius 2 is 1.75 bits per heavy atom. The van der Waals surface area contributed by atoms with Crippen LogP contribution >= 0.6 is 0 Å². The van der Waals surface area contributed by atoms with E-state index in [-0.39, 0.29) is 5.69 Å². The monoisotopic (exact) mass is 356 g/mol. The normalized spacial score (nSPS) is 12.7. The second kappa shape index (κ2) is 5.23. The number of hydrogen-bond acceptors (Lipinski definition) is 3. The minimum absolute atomic E-state index is 0.241. The highest BCUT2D eigenvalue weighted by atomic mass is 32.2. The zero-order valence-electron chi connectivity index (χ0n) is 12.3. The van der Waals surface area contributed by atoms with Crippen molar-refractivity contribution in [2.24, 2.45) is 0 Å². The van der Waals surface area contributed by atoms with Crippen LogP contribution in [0.25, 0.3) is 16.6 Å². The lowest BCUT2D eigenvalue weighted by atomic mass is 10.1. The molecule has 126 valence electrons. The molecule has 9 heteroatoms. The molecule has 0 fully saturated rings. The molecule has 0 radical (unpaired) electrons. The van der Waals surface area contributed by atoms with Gasteiger partial charge in [0, 0.05) is 29.7 Å². The molecule has 0 unspecified atom stereocenters. The maximum absolute atomic E-state index is 13.5. The lowest BCUT2D eigenvalue weighted by molar-refractivity contribution is -0.136. The number of benzene rings is 1. The number of hydrogen-bond donors (Lipinski definition) is 1. The molecule has 0 saturated heterocycles. The maximum atomic E-state index is 13.5. The Morgan fingerprint density at radius 1 is 1.12 bits per heavy atom. The van der Waals surface area contributed by atoms with Crippen LogP contribution < -0.4 is 5.56 Å². The van der Waals surface area contributed by atoms with Crippen LogP contribution in [0.4, 0.5) is 13.2 Å². The molecule has 0 bridgehead atoms. The second-order valence-corrected chi connectivity index (χ2v) is 7.21. The minimum atomic E-state index is -4.83. The van der Waals surface area contributed by atoms with E-state index in [1.807, 2.05) is 0 Å². The number of nitrogens with one attached hydrogen (secondary N) is 1. The quantitative estimate of drug-likeness (QED) is 0.767. The summed E-state index contributed by atoms with van der Waals surface area (Å²) in [5, 5.41) is -0.637. The molecule has 0 aliphatic rings. The van der Waals surface area contributed by atoms with Gasteiger partial charge < -0.3 is 4.98 Å². The molecule has 2 heterocycles. The predicted octanol–water partition coefficient (Wildman–Crippen LogP) is 2.74. The Bertz CT molecular complexity index is 1080. The number of H-pyrrole nitrogens is 1. The van der Waals surface area contributed by atoms with Crippen LogP contribution in [0.15, 0.2) is 52.4 Å². The number of para-hydroxylation sites is 1. The topological polar surface area (TPSA) is 71.9 Å². The summed E-state index contributed by atoms with van der Waals surface area (Å²) in [5.74, 6) is 0. The molecule has 0 atom stereocenters. The van der Waals surface area contributed by atoms with Crippen LogP contribution in [-0.2, 0) is 16.0 Å². The molecule has 0 aliphatic carbocycles. The third-order valence-electron chi connectivity index (χ3n) is 3.54. The van der Waals surface area contributed by atoms with Crippen LogP contribution in [0.5, 0.6) is 0 Å². The van der Waals surface area contributed by atoms with Gasteiger partial charge in [0.15, 0.2) is 9.84 Å². The fraction of sp³-hybridized carbons (Fsp3) is 0.133. The van der Waals surface area contributed by atoms with Gasteiger partial charge >= 0.3 is 6.18 Å². The van der Waals surface area contributed by atoms with Crippen molar-refractivity contribution in [2.45, 2.75) is 11.1 Å². The standard InChI is InChI=1S/C15H11F3N2O3S/c1-24(22,23)11-7-19-13-12(11)10(15(16,17)18)8-20(14(13)21)9-5-3-2-4-6-9/h2-8,19H,1H3. The van der Waals surface area contributed by atoms with Crippen molar-refractivity contribution in [1.29, 1.82) is 0 Å². The van der Waals surface area contributed by atoms with Gasteiger partial charge in [-0.2, -0.15) is 13.2 Å². The zero-order valence-corrected chi connectivity index (χ0v) is 13.1. The van der Waals surface area contributed by atoms with Gasteiger partial charge in [-0.25, -0.2) is 8.42 Å². The number of alkyl halides is 3. The molecule has 24 heavy (non-hydrogen) atoms. The Balaban J connectivity index is 2.50. The van der Waals surface area contributed by atoms with E-state index < -0.39 is 42.9 Å². The minimum Gasteiger partial charge on any atom is -0.355 e. The summed E-state index contributed by atoms with van der Waals surface area (Å²) >= 11 is 0. The van der Waals surface area contributed by atoms with E-state index in [9.17, 15) is 26.4 Å². The molecule has 3 rings (SSSR count). The van der Waals surface area contributed by atoms with Crippen molar-refractivity contribution >= 4 is 20.7 Å². The smallest absolute Gasteiger partial charge is 0.355 e. The molecule has 1 aromatic carbocycles. The van der Waals surface area contributed by atoms with E-state index in [1.165, 1.54) is 12.1 Å². The summed E-state index contributed by atoms with van der Waals surface area (Å²) in [6.07, 6.45) is -2.50. The first-order chi connectivity index (χ1) is 11.1. The highest BCUT2D eigenvalue weighted by Gasteiger charge is 2.37. The van der Waals surface area contributed by atoms with Crippen molar-refractivity contribution in [3.8, 4) is 5.69 Å². The van der Waals surface area contributed by atoms with Crippen LogP contribution in [0.1, 0.15) is 5.56 Å². The number of nitrogens with zero attached hydrogens (tertiary/aromatic N) is 1. The summed E-state index contributed by atoms with van der Waals surface area (Å²) < 4.78 is 64.8. The molecular formula is C15H11F3N2O3S. The number of sulfone groups is 1. The van der Waals surface area contributed by atoms with Gasteiger partial charge in [-0.3, -0.25) is 9.36 Å². The molecule has 0 saturated carbocycles. The van der Waals surface area contributed by atoms with E-state index in [0.29, 0.717) is 6.20 Å². The van der Waals surface area contributed by atoms with Gasteiger partial charge in [0.05, 0.1) is 10.5 Å². The SMILES string of the molecule is CS(=O)(=O)c1c[nH]c2c(=O)n(-c3ccccc3)cc(C(F)(F)F)c12. The molecule has 0 spiro atoms. The highest BCUT2D eigenvalue weighted by molar-refractivity contribution is 7.91. The van der Waals surface area contributed by atoms with Gasteiger partial charge in [-0.1, -0.05) is 18.2 Å². The van der Waals surface area contributed by atoms with Gasteiger partial charge in [0.25, 0.3) is 5.56 Å². The molecule has 0 amide bonds. The van der Waals surface area contributed by atoms with Crippen molar-refractivity contribution in [1.82, 2.24) is 9.55 Å². The van der Waals surface area contributed by atoms with E-state index in [0.717, 1.165) is 17.0 Å². The molecule has 2 aromatic heterocycles. The first-order valence-corrected chi connectivity index (χ1v) is 8.59. The van der Waals surface area contributed by atoms with E-state index in [2.05, 4.69) is 4.98 Å². The van der Waals surface area contributed by atoms with Crippen molar-refractivity contribution < 1.29 is 21.6 Å². The van der Waals surface area contributed by atoms with Crippen molar-refractivity contribution in [2.75, 3.05) is 6.26 Å². The fourth-order valence-corrected chi connectivity index (χ4v) is 3.36. The molecule has 1 N–H and O–H groups in total. The Morgan fingerprint density at radius 3 is 2.29 bits per heavy atom. The number of rotatable bonds is 2. The first kappa shape index (κ1) is 16.3. The average molecular weight is 356 g/mol. The van der Waals surface area contributed by atoms with Gasteiger partial charge in [-0.15, -0.1) is 0 Å². The van der Waals surface area contributed by atoms with Crippen LogP contribution in [-0.4, -0.2) is 24.2 Å². The lowest BCUT2D eigenvalue weighted by Crippen LogP contribution is -2.22. The first-order valence-electron chi connectivity index (χ1n) is 6.70. The van der Waals surface area contributed by atoms with E-state index >= 15 is 0 Å². The number of halogens is 3. The second-order valence-electron chi connectivity index (χ2n) is 5.23. The lowest BCUT2D eigenvalue weighted by Gasteiger charge is -2.13. The molecule has 3 aromatic rings. The predicted molar refractivity (Wildman–Crippen MR) is 82.0 cm³/mol. The van der Waals surface area contributed by atoms with Crippen LogP contribution in [0.3, 0.4) is 0 Å². The fourth-order valence-electron chi connectivity index (χ4n) is 2.50. The number of aromatic nitrogens is 2. The number of fused-ring (bicyclic) bond motifs is 1. The molecule has 5 nitrogen and oxygen atoms in total. The highest BCUT2D eigenvalue weighted by Crippen LogP contribution is 2.36. The van der Waals surface area contributed by atoms with Crippen LogP contribution in [0, 0.1) is 0 Å². The average Bonchev–Trinajstić information content (AvgIpc) is 2.92. The van der Waals surface area contributed by atoms with Gasteiger partial charge in [0.2, 0.25) is 0 Å². The summed E-state index contributed by atoms with van der Waals surface area (Å²) in [4.78, 5) is 14.3. The maximum Gasteiger partial charge on any atom is 0.418 e. The number of aromatic amines is 1. The van der Waals surface area contributed by atoms with Gasteiger partial charge in [0.1, 0.15) is 5.52 Å². The van der Waals surface area contributed by atoms with Gasteiger partial charge in [-0.05, 0) is 12.1 Å². The summed E-state index contributed by atoms with van der Waals surface area (Å²) in [7, 11) is -3.94. The Labute approximate surface area is 134 Å². The molecular weight excluding hydrogens is 345 g/mol. The van der Waals surface area contributed by atoms with Crippen LogP contribution in [0.2, 0.25) is 0 Å². The van der Waals surface area contributed by atoms with Crippen molar-refractivity contribution in [3.63, 3.8) is 0 Å². The zero-order chi connectivity index (χ0) is 17.7. The third kappa shape index (κ3) is 2.60. The summed E-state index contributed by atoms with van der Waals surface area (Å²) in [6, 6.07) is 7.78. The third-order valence-corrected chi connectivity index (χ3v) is 4.66. The summed E-state index contributed by atoms with van der Waals surface area (Å²) in [6.45, 7) is 0. The Hall–Kier alpha value is -2.55. The molecule has 0 aliphatic heterocycles. The van der Waals surface area contributed by atoms with E-state index in [4.69, 9.17) is 0 Å². The Kier molecular flexibility index (Phi) is 3.56. The van der Waals surface area contributed by atoms with E-state index in [1.54, 1.807) is 18.2 Å². The largest absolute Gasteiger partial charge is 0.418 e. The summed E-state index contributed by atoms with van der Waals surface area (Å²) in [5.41, 5.74) is -2.12. The van der Waals surface area contributed by atoms with Crippen molar-refractivity contribution in [3.05, 3.63) is 58.6 Å².